The molecule has 3 aromatic rings. The lowest BCUT2D eigenvalue weighted by Crippen LogP contribution is -2.48. The first kappa shape index (κ1) is 20.2. The minimum absolute atomic E-state index is 0.0132. The van der Waals surface area contributed by atoms with Crippen LogP contribution in [0.4, 0.5) is 0 Å². The zero-order valence-electron chi connectivity index (χ0n) is 17.5. The molecule has 0 saturated carbocycles. The Balaban J connectivity index is 1.38. The summed E-state index contributed by atoms with van der Waals surface area (Å²) in [6, 6.07) is 22.5. The van der Waals surface area contributed by atoms with Crippen LogP contribution >= 0.6 is 0 Å². The molecule has 2 heterocycles. The summed E-state index contributed by atoms with van der Waals surface area (Å²) in [4.78, 5) is 17.6. The highest BCUT2D eigenvalue weighted by atomic mass is 16.5. The molecule has 156 valence electrons. The fourth-order valence-corrected chi connectivity index (χ4v) is 4.07. The average Bonchev–Trinajstić information content (AvgIpc) is 3.33. The van der Waals surface area contributed by atoms with Crippen LogP contribution in [0, 0.1) is 0 Å². The second-order valence-corrected chi connectivity index (χ2v) is 7.77. The summed E-state index contributed by atoms with van der Waals surface area (Å²) in [7, 11) is 1.67. The van der Waals surface area contributed by atoms with Crippen LogP contribution in [-0.4, -0.2) is 53.6 Å². The Morgan fingerprint density at radius 3 is 2.20 bits per heavy atom. The van der Waals surface area contributed by atoms with E-state index >= 15 is 0 Å². The molecular weight excluding hydrogens is 374 g/mol. The zero-order chi connectivity index (χ0) is 20.8. The van der Waals surface area contributed by atoms with Crippen LogP contribution in [0.5, 0.6) is 5.75 Å². The smallest absolute Gasteiger partial charge is 0.225 e. The highest BCUT2D eigenvalue weighted by molar-refractivity contribution is 5.77. The van der Waals surface area contributed by atoms with Crippen molar-refractivity contribution in [3.8, 4) is 5.75 Å². The van der Waals surface area contributed by atoms with Crippen molar-refractivity contribution in [3.05, 3.63) is 90.3 Å². The first-order chi connectivity index (χ1) is 14.7. The van der Waals surface area contributed by atoms with E-state index in [4.69, 9.17) is 4.74 Å². The Morgan fingerprint density at radius 2 is 1.57 bits per heavy atom. The fourth-order valence-electron chi connectivity index (χ4n) is 4.07. The Bertz CT molecular complexity index is 915. The van der Waals surface area contributed by atoms with Crippen molar-refractivity contribution in [2.24, 2.45) is 0 Å². The molecule has 1 atom stereocenters. The van der Waals surface area contributed by atoms with Gasteiger partial charge in [0.15, 0.2) is 0 Å². The van der Waals surface area contributed by atoms with Gasteiger partial charge in [0.25, 0.3) is 0 Å². The lowest BCUT2D eigenvalue weighted by molar-refractivity contribution is -0.133. The zero-order valence-corrected chi connectivity index (χ0v) is 17.5. The normalized spacial score (nSPS) is 15.7. The van der Waals surface area contributed by atoms with E-state index in [1.807, 2.05) is 47.6 Å². The molecule has 1 unspecified atom stereocenters. The van der Waals surface area contributed by atoms with Crippen molar-refractivity contribution in [1.82, 2.24) is 14.4 Å². The van der Waals surface area contributed by atoms with Crippen molar-refractivity contribution in [2.45, 2.75) is 19.0 Å². The first-order valence-corrected chi connectivity index (χ1v) is 10.5. The molecule has 1 aliphatic heterocycles. The number of methoxy groups -OCH3 is 1. The molecule has 1 aliphatic rings. The van der Waals surface area contributed by atoms with Gasteiger partial charge in [-0.25, -0.2) is 0 Å². The maximum atomic E-state index is 13.1. The van der Waals surface area contributed by atoms with Gasteiger partial charge in [0.1, 0.15) is 5.75 Å². The van der Waals surface area contributed by atoms with E-state index in [-0.39, 0.29) is 11.9 Å². The number of hydrogen-bond acceptors (Lipinski definition) is 3. The maximum absolute atomic E-state index is 13.1. The van der Waals surface area contributed by atoms with Crippen molar-refractivity contribution in [1.29, 1.82) is 0 Å². The Hall–Kier alpha value is -3.05. The van der Waals surface area contributed by atoms with Crippen molar-refractivity contribution in [3.63, 3.8) is 0 Å². The second kappa shape index (κ2) is 9.63. The van der Waals surface area contributed by atoms with Crippen LogP contribution in [0.3, 0.4) is 0 Å². The average molecular weight is 404 g/mol. The molecular formula is C25H29N3O2. The minimum atomic E-state index is -0.0132. The summed E-state index contributed by atoms with van der Waals surface area (Å²) in [5.74, 6) is 1.04. The molecule has 0 N–H and O–H groups in total. The molecule has 0 radical (unpaired) electrons. The molecule has 30 heavy (non-hydrogen) atoms. The third-order valence-corrected chi connectivity index (χ3v) is 5.83. The van der Waals surface area contributed by atoms with Gasteiger partial charge in [-0.1, -0.05) is 42.5 Å². The van der Waals surface area contributed by atoms with E-state index < -0.39 is 0 Å². The molecule has 2 aromatic carbocycles. The summed E-state index contributed by atoms with van der Waals surface area (Å²) in [6.45, 7) is 4.34. The molecule has 1 fully saturated rings. The summed E-state index contributed by atoms with van der Waals surface area (Å²) in [6.07, 6.45) is 4.51. The van der Waals surface area contributed by atoms with Gasteiger partial charge in [0.05, 0.1) is 19.6 Å². The Kier molecular flexibility index (Phi) is 6.50. The largest absolute Gasteiger partial charge is 0.497 e. The molecule has 0 aliphatic carbocycles. The summed E-state index contributed by atoms with van der Waals surface area (Å²) in [5, 5.41) is 0. The standard InChI is InChI=1S/C25H29N3O2/c1-30-23-11-9-22(10-12-23)24(27-13-5-6-14-27)19-25(29)28-17-15-26(16-18-28)20-21-7-3-2-4-8-21/h2-14,24H,15-20H2,1H3. The monoisotopic (exact) mass is 403 g/mol. The number of carbonyl (C=O) groups is 1. The van der Waals surface area contributed by atoms with Crippen LogP contribution in [0.25, 0.3) is 0 Å². The van der Waals surface area contributed by atoms with Gasteiger partial charge in [-0.2, -0.15) is 0 Å². The van der Waals surface area contributed by atoms with Crippen LogP contribution < -0.4 is 4.74 Å². The Labute approximate surface area is 178 Å². The number of piperazine rings is 1. The second-order valence-electron chi connectivity index (χ2n) is 7.77. The number of aromatic nitrogens is 1. The lowest BCUT2D eigenvalue weighted by atomic mass is 10.0. The van der Waals surface area contributed by atoms with E-state index in [2.05, 4.69) is 45.9 Å². The quantitative estimate of drug-likeness (QED) is 0.602. The van der Waals surface area contributed by atoms with E-state index in [9.17, 15) is 4.79 Å². The van der Waals surface area contributed by atoms with E-state index in [0.717, 1.165) is 44.0 Å². The Morgan fingerprint density at radius 1 is 0.900 bits per heavy atom. The van der Waals surface area contributed by atoms with Gasteiger partial charge >= 0.3 is 0 Å². The van der Waals surface area contributed by atoms with Crippen LogP contribution in [0.1, 0.15) is 23.6 Å². The summed E-state index contributed by atoms with van der Waals surface area (Å²) >= 11 is 0. The number of rotatable bonds is 7. The third-order valence-electron chi connectivity index (χ3n) is 5.83. The van der Waals surface area contributed by atoms with Gasteiger partial charge in [0.2, 0.25) is 5.91 Å². The third kappa shape index (κ3) is 4.92. The fraction of sp³-hybridized carbons (Fsp3) is 0.320. The molecule has 1 saturated heterocycles. The van der Waals surface area contributed by atoms with Crippen LogP contribution in [0.15, 0.2) is 79.1 Å². The van der Waals surface area contributed by atoms with Crippen LogP contribution in [0.2, 0.25) is 0 Å². The highest BCUT2D eigenvalue weighted by Crippen LogP contribution is 2.25. The number of hydrogen-bond donors (Lipinski definition) is 0. The molecule has 0 spiro atoms. The molecule has 1 amide bonds. The maximum Gasteiger partial charge on any atom is 0.225 e. The van der Waals surface area contributed by atoms with Crippen molar-refractivity contribution >= 4 is 5.91 Å². The minimum Gasteiger partial charge on any atom is -0.497 e. The molecule has 5 heteroatoms. The predicted molar refractivity (Wildman–Crippen MR) is 118 cm³/mol. The van der Waals surface area contributed by atoms with E-state index in [1.165, 1.54) is 5.56 Å². The first-order valence-electron chi connectivity index (χ1n) is 10.5. The van der Waals surface area contributed by atoms with Crippen LogP contribution in [-0.2, 0) is 11.3 Å². The number of amides is 1. The lowest BCUT2D eigenvalue weighted by Gasteiger charge is -2.35. The van der Waals surface area contributed by atoms with Crippen molar-refractivity contribution in [2.75, 3.05) is 33.3 Å². The summed E-state index contributed by atoms with van der Waals surface area (Å²) < 4.78 is 7.40. The predicted octanol–water partition coefficient (Wildman–Crippen LogP) is 3.82. The van der Waals surface area contributed by atoms with E-state index in [0.29, 0.717) is 6.42 Å². The van der Waals surface area contributed by atoms with Crippen molar-refractivity contribution < 1.29 is 9.53 Å². The van der Waals surface area contributed by atoms with E-state index in [1.54, 1.807) is 7.11 Å². The number of ether oxygens (including phenoxy) is 1. The number of benzene rings is 2. The number of carbonyl (C=O) groups excluding carboxylic acids is 1. The van der Waals surface area contributed by atoms with Gasteiger partial charge in [0, 0.05) is 45.1 Å². The number of nitrogens with zero attached hydrogens (tertiary/aromatic N) is 3. The SMILES string of the molecule is COc1ccc(C(CC(=O)N2CCN(Cc3ccccc3)CC2)n2cccc2)cc1. The topological polar surface area (TPSA) is 37.7 Å². The van der Waals surface area contributed by atoms with Gasteiger partial charge < -0.3 is 14.2 Å². The van der Waals surface area contributed by atoms with Gasteiger partial charge in [-0.3, -0.25) is 9.69 Å². The highest BCUT2D eigenvalue weighted by Gasteiger charge is 2.25. The van der Waals surface area contributed by atoms with Gasteiger partial charge in [-0.15, -0.1) is 0 Å². The molecule has 1 aromatic heterocycles. The molecule has 4 rings (SSSR count). The molecule has 0 bridgehead atoms. The molecule has 5 nitrogen and oxygen atoms in total. The van der Waals surface area contributed by atoms with Gasteiger partial charge in [-0.05, 0) is 35.4 Å². The summed E-state index contributed by atoms with van der Waals surface area (Å²) in [5.41, 5.74) is 2.44.